The van der Waals surface area contributed by atoms with Gasteiger partial charge in [0.05, 0.1) is 23.3 Å². The van der Waals surface area contributed by atoms with Gasteiger partial charge >= 0.3 is 0 Å². The summed E-state index contributed by atoms with van der Waals surface area (Å²) in [6.07, 6.45) is 3.50. The first-order chi connectivity index (χ1) is 11.8. The van der Waals surface area contributed by atoms with E-state index >= 15 is 0 Å². The average Bonchev–Trinajstić information content (AvgIpc) is 3.08. The maximum absolute atomic E-state index is 13.0. The summed E-state index contributed by atoms with van der Waals surface area (Å²) in [6, 6.07) is 16.3. The monoisotopic (exact) mass is 336 g/mol. The van der Waals surface area contributed by atoms with Crippen molar-refractivity contribution in [2.24, 2.45) is 0 Å². The molecule has 0 aliphatic carbocycles. The maximum Gasteiger partial charge on any atom is 0.241 e. The van der Waals surface area contributed by atoms with Crippen LogP contribution in [0.5, 0.6) is 0 Å². The Morgan fingerprint density at radius 2 is 1.67 bits per heavy atom. The second kappa shape index (κ2) is 6.49. The summed E-state index contributed by atoms with van der Waals surface area (Å²) in [5.41, 5.74) is 4.36. The van der Waals surface area contributed by atoms with Gasteiger partial charge in [0, 0.05) is 0 Å². The largest absolute Gasteiger partial charge is 0.280 e. The summed E-state index contributed by atoms with van der Waals surface area (Å²) in [7, 11) is 0. The number of rotatable bonds is 3. The number of carbonyl (C=O) groups is 1. The lowest BCUT2D eigenvalue weighted by Gasteiger charge is -2.24. The van der Waals surface area contributed by atoms with E-state index in [1.807, 2.05) is 41.3 Å². The molecule has 1 N–H and O–H groups in total. The number of aryl methyl sites for hydroxylation is 2. The Labute approximate surface area is 144 Å². The molecule has 120 valence electrons. The molecule has 2 heterocycles. The number of thioether (sulfide) groups is 1. The molecule has 1 aliphatic rings. The van der Waals surface area contributed by atoms with E-state index in [1.54, 1.807) is 6.20 Å². The standard InChI is InChI=1S/C18H16N4OS/c23-18(12-24-17-11-19-21-20-17)22-15-7-3-1-5-13(15)9-10-14-6-2-4-8-16(14)22/h1-8,11H,9-10,12H2,(H,19,20,21). The maximum atomic E-state index is 13.0. The van der Waals surface area contributed by atoms with E-state index in [4.69, 9.17) is 0 Å². The molecule has 0 bridgehead atoms. The van der Waals surface area contributed by atoms with Crippen molar-refractivity contribution in [3.05, 3.63) is 65.9 Å². The third kappa shape index (κ3) is 2.80. The summed E-state index contributed by atoms with van der Waals surface area (Å²) in [5.74, 6) is 0.361. The van der Waals surface area contributed by atoms with Gasteiger partial charge in [-0.15, -0.1) is 5.10 Å². The van der Waals surface area contributed by atoms with Gasteiger partial charge in [-0.3, -0.25) is 9.69 Å². The van der Waals surface area contributed by atoms with Crippen LogP contribution >= 0.6 is 11.8 Å². The number of hydrogen-bond acceptors (Lipinski definition) is 4. The topological polar surface area (TPSA) is 61.9 Å². The second-order valence-corrected chi connectivity index (χ2v) is 6.58. The molecular formula is C18H16N4OS. The SMILES string of the molecule is O=C(CSc1cn[nH]n1)N1c2ccccc2CCc2ccccc21. The number of fused-ring (bicyclic) bond motifs is 2. The van der Waals surface area contributed by atoms with Crippen molar-refractivity contribution < 1.29 is 4.79 Å². The summed E-state index contributed by atoms with van der Waals surface area (Å²) in [5, 5.41) is 11.1. The Kier molecular flexibility index (Phi) is 4.04. The number of H-pyrrole nitrogens is 1. The van der Waals surface area contributed by atoms with Crippen LogP contribution in [0.4, 0.5) is 11.4 Å². The van der Waals surface area contributed by atoms with E-state index in [0.29, 0.717) is 5.75 Å². The minimum atomic E-state index is 0.0461. The van der Waals surface area contributed by atoms with Gasteiger partial charge < -0.3 is 0 Å². The molecule has 0 atom stereocenters. The van der Waals surface area contributed by atoms with Gasteiger partial charge in [0.2, 0.25) is 5.91 Å². The number of amides is 1. The minimum absolute atomic E-state index is 0.0461. The van der Waals surface area contributed by atoms with Crippen molar-refractivity contribution in [3.8, 4) is 0 Å². The molecule has 0 radical (unpaired) electrons. The molecule has 6 heteroatoms. The molecule has 1 aliphatic heterocycles. The second-order valence-electron chi connectivity index (χ2n) is 5.58. The highest BCUT2D eigenvalue weighted by Crippen LogP contribution is 2.36. The van der Waals surface area contributed by atoms with Crippen LogP contribution in [0.2, 0.25) is 0 Å². The van der Waals surface area contributed by atoms with Crippen LogP contribution in [-0.4, -0.2) is 27.1 Å². The zero-order valence-electron chi connectivity index (χ0n) is 13.0. The number of aromatic nitrogens is 3. The van der Waals surface area contributed by atoms with E-state index in [-0.39, 0.29) is 5.91 Å². The van der Waals surface area contributed by atoms with Gasteiger partial charge in [-0.2, -0.15) is 10.3 Å². The molecule has 3 aromatic rings. The predicted octanol–water partition coefficient (Wildman–Crippen LogP) is 3.36. The Hall–Kier alpha value is -2.60. The van der Waals surface area contributed by atoms with Crippen LogP contribution < -0.4 is 4.90 Å². The fraction of sp³-hybridized carbons (Fsp3) is 0.167. The zero-order chi connectivity index (χ0) is 16.4. The molecule has 24 heavy (non-hydrogen) atoms. The smallest absolute Gasteiger partial charge is 0.241 e. The lowest BCUT2D eigenvalue weighted by molar-refractivity contribution is -0.115. The highest BCUT2D eigenvalue weighted by Gasteiger charge is 2.25. The summed E-state index contributed by atoms with van der Waals surface area (Å²) in [6.45, 7) is 0. The lowest BCUT2D eigenvalue weighted by atomic mass is 10.0. The van der Waals surface area contributed by atoms with Gasteiger partial charge in [0.1, 0.15) is 5.03 Å². The first-order valence-corrected chi connectivity index (χ1v) is 8.79. The summed E-state index contributed by atoms with van der Waals surface area (Å²) >= 11 is 1.39. The fourth-order valence-electron chi connectivity index (χ4n) is 3.01. The molecule has 1 aromatic heterocycles. The average molecular weight is 336 g/mol. The molecule has 0 fully saturated rings. The lowest BCUT2D eigenvalue weighted by Crippen LogP contribution is -2.28. The van der Waals surface area contributed by atoms with Crippen LogP contribution in [0.1, 0.15) is 11.1 Å². The number of anilines is 2. The normalized spacial score (nSPS) is 13.1. The van der Waals surface area contributed by atoms with Crippen molar-refractivity contribution in [1.29, 1.82) is 0 Å². The van der Waals surface area contributed by atoms with Gasteiger partial charge in [0.25, 0.3) is 0 Å². The molecule has 0 unspecified atom stereocenters. The minimum Gasteiger partial charge on any atom is -0.280 e. The van der Waals surface area contributed by atoms with E-state index < -0.39 is 0 Å². The molecule has 4 rings (SSSR count). The first kappa shape index (κ1) is 15.0. The van der Waals surface area contributed by atoms with E-state index in [2.05, 4.69) is 27.5 Å². The first-order valence-electron chi connectivity index (χ1n) is 7.80. The summed E-state index contributed by atoms with van der Waals surface area (Å²) < 4.78 is 0. The van der Waals surface area contributed by atoms with E-state index in [9.17, 15) is 4.79 Å². The molecule has 0 spiro atoms. The number of hydrogen-bond donors (Lipinski definition) is 1. The molecule has 1 amide bonds. The predicted molar refractivity (Wildman–Crippen MR) is 94.5 cm³/mol. The van der Waals surface area contributed by atoms with Gasteiger partial charge in [-0.1, -0.05) is 48.2 Å². The quantitative estimate of drug-likeness (QED) is 0.745. The van der Waals surface area contributed by atoms with Crippen molar-refractivity contribution in [2.45, 2.75) is 17.9 Å². The molecule has 0 saturated heterocycles. The van der Waals surface area contributed by atoms with Gasteiger partial charge in [-0.25, -0.2) is 0 Å². The Bertz CT molecular complexity index is 815. The van der Waals surface area contributed by atoms with Crippen LogP contribution in [0.15, 0.2) is 59.8 Å². The van der Waals surface area contributed by atoms with Crippen molar-refractivity contribution >= 4 is 29.0 Å². The highest BCUT2D eigenvalue weighted by molar-refractivity contribution is 7.99. The molecule has 0 saturated carbocycles. The number of benzene rings is 2. The molecular weight excluding hydrogens is 320 g/mol. The van der Waals surface area contributed by atoms with Crippen LogP contribution in [0.3, 0.4) is 0 Å². The molecule has 5 nitrogen and oxygen atoms in total. The van der Waals surface area contributed by atoms with Crippen LogP contribution in [0.25, 0.3) is 0 Å². The van der Waals surface area contributed by atoms with E-state index in [1.165, 1.54) is 22.9 Å². The van der Waals surface area contributed by atoms with Gasteiger partial charge in [-0.05, 0) is 36.1 Å². The van der Waals surface area contributed by atoms with E-state index in [0.717, 1.165) is 29.2 Å². The number of nitrogens with zero attached hydrogens (tertiary/aromatic N) is 3. The third-order valence-corrected chi connectivity index (χ3v) is 5.00. The number of carbonyl (C=O) groups excluding carboxylic acids is 1. The van der Waals surface area contributed by atoms with Crippen molar-refractivity contribution in [2.75, 3.05) is 10.7 Å². The fourth-order valence-corrected chi connectivity index (χ4v) is 3.64. The Morgan fingerprint density at radius 1 is 1.04 bits per heavy atom. The van der Waals surface area contributed by atoms with Crippen molar-refractivity contribution in [1.82, 2.24) is 15.4 Å². The molecule has 2 aromatic carbocycles. The number of aromatic amines is 1. The Morgan fingerprint density at radius 3 is 2.25 bits per heavy atom. The van der Waals surface area contributed by atoms with Crippen LogP contribution in [0, 0.1) is 0 Å². The summed E-state index contributed by atoms with van der Waals surface area (Å²) in [4.78, 5) is 14.9. The highest BCUT2D eigenvalue weighted by atomic mass is 32.2. The third-order valence-electron chi connectivity index (χ3n) is 4.11. The van der Waals surface area contributed by atoms with Crippen molar-refractivity contribution in [3.63, 3.8) is 0 Å². The Balaban J connectivity index is 1.71. The number of para-hydroxylation sites is 2. The number of nitrogens with one attached hydrogen (secondary N) is 1. The zero-order valence-corrected chi connectivity index (χ0v) is 13.8. The van der Waals surface area contributed by atoms with Crippen LogP contribution in [-0.2, 0) is 17.6 Å². The van der Waals surface area contributed by atoms with Gasteiger partial charge in [0.15, 0.2) is 0 Å².